The summed E-state index contributed by atoms with van der Waals surface area (Å²) in [4.78, 5) is 32.5. The van der Waals surface area contributed by atoms with Gasteiger partial charge in [0.1, 0.15) is 5.60 Å². The Kier molecular flexibility index (Phi) is 8.42. The molecule has 160 valence electrons. The summed E-state index contributed by atoms with van der Waals surface area (Å²) in [5.41, 5.74) is 6.08. The van der Waals surface area contributed by atoms with Crippen LogP contribution in [0, 0.1) is 6.92 Å². The maximum absolute atomic E-state index is 8.12. The van der Waals surface area contributed by atoms with E-state index in [0.29, 0.717) is 0 Å². The Morgan fingerprint density at radius 3 is 2.03 bits per heavy atom. The SMILES string of the molecule is CC1=C(C)C2([C@H](Cc3ccccc3)Nc3ccc(C)cc3)C=CC1O2.O=C=O.O=C=O. The van der Waals surface area contributed by atoms with Gasteiger partial charge in [-0.05, 0) is 62.1 Å². The fraction of sp³-hybridized carbons (Fsp3) is 0.280. The number of fused-ring (bicyclic) bond motifs is 2. The second-order valence-corrected chi connectivity index (χ2v) is 7.42. The summed E-state index contributed by atoms with van der Waals surface area (Å²) in [5.74, 6) is 0. The van der Waals surface area contributed by atoms with Gasteiger partial charge in [-0.1, -0.05) is 54.1 Å². The summed E-state index contributed by atoms with van der Waals surface area (Å²) in [6.45, 7) is 6.52. The fourth-order valence-electron chi connectivity index (χ4n) is 3.96. The third kappa shape index (κ3) is 5.53. The van der Waals surface area contributed by atoms with E-state index in [2.05, 4.69) is 92.8 Å². The Morgan fingerprint density at radius 1 is 0.935 bits per heavy atom. The van der Waals surface area contributed by atoms with E-state index in [1.54, 1.807) is 0 Å². The summed E-state index contributed by atoms with van der Waals surface area (Å²) in [6, 6.07) is 19.4. The van der Waals surface area contributed by atoms with Crippen molar-refractivity contribution in [1.29, 1.82) is 0 Å². The smallest absolute Gasteiger partial charge is 0.373 e. The number of aryl methyl sites for hydroxylation is 1. The molecule has 6 nitrogen and oxygen atoms in total. The first kappa shape index (κ1) is 23.7. The lowest BCUT2D eigenvalue weighted by Crippen LogP contribution is -2.47. The van der Waals surface area contributed by atoms with Crippen LogP contribution in [-0.2, 0) is 30.3 Å². The number of benzene rings is 2. The molecule has 2 bridgehead atoms. The summed E-state index contributed by atoms with van der Waals surface area (Å²) in [5, 5.41) is 3.76. The van der Waals surface area contributed by atoms with E-state index in [1.807, 2.05) is 0 Å². The lowest BCUT2D eigenvalue weighted by Gasteiger charge is -2.36. The van der Waals surface area contributed by atoms with Crippen LogP contribution in [0.3, 0.4) is 0 Å². The number of carbonyl (C=O) groups excluding carboxylic acids is 4. The van der Waals surface area contributed by atoms with Gasteiger partial charge in [-0.3, -0.25) is 0 Å². The number of rotatable bonds is 5. The highest BCUT2D eigenvalue weighted by molar-refractivity contribution is 5.52. The molecule has 2 heterocycles. The van der Waals surface area contributed by atoms with Crippen molar-refractivity contribution in [2.24, 2.45) is 0 Å². The van der Waals surface area contributed by atoms with Crippen molar-refractivity contribution >= 4 is 18.0 Å². The molecule has 0 radical (unpaired) electrons. The van der Waals surface area contributed by atoms with Crippen molar-refractivity contribution in [1.82, 2.24) is 0 Å². The number of nitrogens with one attached hydrogen (secondary N) is 1. The topological polar surface area (TPSA) is 89.5 Å². The first-order valence-corrected chi connectivity index (χ1v) is 9.82. The monoisotopic (exact) mass is 419 g/mol. The molecule has 2 aliphatic heterocycles. The molecule has 4 rings (SSSR count). The summed E-state index contributed by atoms with van der Waals surface area (Å²) in [7, 11) is 0. The van der Waals surface area contributed by atoms with Crippen molar-refractivity contribution in [2.75, 3.05) is 5.32 Å². The maximum Gasteiger partial charge on any atom is 0.373 e. The molecular weight excluding hydrogens is 394 g/mol. The molecule has 0 aromatic heterocycles. The molecule has 2 unspecified atom stereocenters. The predicted octanol–water partition coefficient (Wildman–Crippen LogP) is 3.90. The average Bonchev–Trinajstić information content (AvgIpc) is 3.31. The average molecular weight is 419 g/mol. The van der Waals surface area contributed by atoms with Gasteiger partial charge in [-0.15, -0.1) is 0 Å². The fourth-order valence-corrected chi connectivity index (χ4v) is 3.96. The number of hydrogen-bond acceptors (Lipinski definition) is 6. The first-order valence-electron chi connectivity index (χ1n) is 9.82. The van der Waals surface area contributed by atoms with E-state index in [4.69, 9.17) is 23.9 Å². The molecule has 0 saturated carbocycles. The van der Waals surface area contributed by atoms with Crippen molar-refractivity contribution in [3.63, 3.8) is 0 Å². The van der Waals surface area contributed by atoms with Gasteiger partial charge in [0.05, 0.1) is 12.1 Å². The first-order chi connectivity index (χ1) is 14.9. The summed E-state index contributed by atoms with van der Waals surface area (Å²) in [6.07, 6.45) is 6.01. The highest BCUT2D eigenvalue weighted by Gasteiger charge is 2.50. The molecule has 0 saturated heterocycles. The Hall–Kier alpha value is -3.56. The molecular formula is C25H25NO5. The van der Waals surface area contributed by atoms with Gasteiger partial charge >= 0.3 is 12.3 Å². The van der Waals surface area contributed by atoms with E-state index in [-0.39, 0.29) is 30.0 Å². The molecule has 6 heteroatoms. The highest BCUT2D eigenvalue weighted by atomic mass is 16.5. The van der Waals surface area contributed by atoms with Gasteiger partial charge in [0, 0.05) is 5.69 Å². The Bertz CT molecular complexity index is 986. The van der Waals surface area contributed by atoms with E-state index in [0.717, 1.165) is 12.1 Å². The predicted molar refractivity (Wildman–Crippen MR) is 114 cm³/mol. The van der Waals surface area contributed by atoms with Crippen molar-refractivity contribution in [2.45, 2.75) is 44.9 Å². The van der Waals surface area contributed by atoms with Crippen LogP contribution < -0.4 is 5.32 Å². The van der Waals surface area contributed by atoms with Gasteiger partial charge in [-0.2, -0.15) is 19.2 Å². The largest absolute Gasteiger partial charge is 0.378 e. The lowest BCUT2D eigenvalue weighted by atomic mass is 9.80. The van der Waals surface area contributed by atoms with Crippen molar-refractivity contribution < 1.29 is 23.9 Å². The molecule has 1 N–H and O–H groups in total. The van der Waals surface area contributed by atoms with E-state index in [1.165, 1.54) is 22.3 Å². The maximum atomic E-state index is 8.12. The zero-order chi connectivity index (χ0) is 22.9. The van der Waals surface area contributed by atoms with Crippen LogP contribution >= 0.6 is 0 Å². The summed E-state index contributed by atoms with van der Waals surface area (Å²) >= 11 is 0. The van der Waals surface area contributed by atoms with Crippen LogP contribution in [0.4, 0.5) is 5.69 Å². The minimum atomic E-state index is -0.352. The van der Waals surface area contributed by atoms with Crippen LogP contribution in [0.5, 0.6) is 0 Å². The van der Waals surface area contributed by atoms with E-state index >= 15 is 0 Å². The van der Waals surface area contributed by atoms with Gasteiger partial charge < -0.3 is 10.1 Å². The second-order valence-electron chi connectivity index (χ2n) is 7.42. The number of anilines is 1. The minimum Gasteiger partial charge on any atom is -0.378 e. The molecule has 0 fully saturated rings. The van der Waals surface area contributed by atoms with Crippen molar-refractivity contribution in [3.05, 3.63) is 89.0 Å². The van der Waals surface area contributed by atoms with Gasteiger partial charge in [0.2, 0.25) is 0 Å². The van der Waals surface area contributed by atoms with Gasteiger partial charge in [-0.25, -0.2) is 0 Å². The third-order valence-corrected chi connectivity index (χ3v) is 5.64. The molecule has 2 aliphatic rings. The van der Waals surface area contributed by atoms with E-state index in [9.17, 15) is 0 Å². The van der Waals surface area contributed by atoms with Gasteiger partial charge in [0.15, 0.2) is 0 Å². The zero-order valence-electron chi connectivity index (χ0n) is 17.8. The van der Waals surface area contributed by atoms with Crippen LogP contribution in [0.15, 0.2) is 77.9 Å². The molecule has 0 aliphatic carbocycles. The van der Waals surface area contributed by atoms with Crippen LogP contribution in [0.2, 0.25) is 0 Å². The van der Waals surface area contributed by atoms with E-state index < -0.39 is 0 Å². The highest BCUT2D eigenvalue weighted by Crippen LogP contribution is 2.46. The molecule has 2 aromatic rings. The lowest BCUT2D eigenvalue weighted by molar-refractivity contribution is -0.193. The zero-order valence-corrected chi connectivity index (χ0v) is 17.8. The molecule has 3 atom stereocenters. The van der Waals surface area contributed by atoms with Crippen LogP contribution in [0.1, 0.15) is 25.0 Å². The summed E-state index contributed by atoms with van der Waals surface area (Å²) < 4.78 is 6.47. The minimum absolute atomic E-state index is 0.137. The number of hydrogen-bond donors (Lipinski definition) is 1. The standard InChI is InChI=1S/C23H25NO.2CO2/c1-16-9-11-20(12-10-16)24-22(15-19-7-5-4-6-8-19)23-14-13-21(25-23)17(2)18(23)3;2*2-1-3/h4-14,21-22,24H,15H2,1-3H3;;/t21?,22-,23?;;/m0../s1. The normalized spacial score (nSPS) is 21.1. The quantitative estimate of drug-likeness (QED) is 0.740. The molecule has 0 amide bonds. The third-order valence-electron chi connectivity index (χ3n) is 5.64. The Balaban J connectivity index is 0.000000513. The Morgan fingerprint density at radius 2 is 1.52 bits per heavy atom. The molecule has 31 heavy (non-hydrogen) atoms. The number of ether oxygens (including phenoxy) is 1. The van der Waals surface area contributed by atoms with Crippen LogP contribution in [0.25, 0.3) is 0 Å². The van der Waals surface area contributed by atoms with Crippen LogP contribution in [-0.4, -0.2) is 30.0 Å². The van der Waals surface area contributed by atoms with Gasteiger partial charge in [0.25, 0.3) is 0 Å². The van der Waals surface area contributed by atoms with Crippen molar-refractivity contribution in [3.8, 4) is 0 Å². The molecule has 2 aromatic carbocycles. The molecule has 0 spiro atoms. The Labute approximate surface area is 181 Å². The second kappa shape index (κ2) is 11.0.